The fourth-order valence-electron chi connectivity index (χ4n) is 2.94. The molecule has 0 radical (unpaired) electrons. The van der Waals surface area contributed by atoms with Crippen LogP contribution in [0.5, 0.6) is 0 Å². The second-order valence-electron chi connectivity index (χ2n) is 6.15. The Morgan fingerprint density at radius 2 is 2.35 bits per heavy atom. The molecule has 1 aliphatic heterocycles. The van der Waals surface area contributed by atoms with Crippen molar-refractivity contribution < 1.29 is 0 Å². The molecule has 0 amide bonds. The number of hydrogen-bond donors (Lipinski definition) is 1. The summed E-state index contributed by atoms with van der Waals surface area (Å²) in [5.41, 5.74) is 1.32. The van der Waals surface area contributed by atoms with E-state index in [1.54, 1.807) is 11.3 Å². The van der Waals surface area contributed by atoms with E-state index in [1.165, 1.54) is 24.4 Å². The summed E-state index contributed by atoms with van der Waals surface area (Å²) in [6, 6.07) is 0.614. The third kappa shape index (κ3) is 2.56. The predicted octanol–water partition coefficient (Wildman–Crippen LogP) is 3.13. The molecule has 3 rings (SSSR count). The second-order valence-corrected chi connectivity index (χ2v) is 7.02. The first-order valence-electron chi connectivity index (χ1n) is 7.58. The van der Waals surface area contributed by atoms with Crippen LogP contribution in [-0.4, -0.2) is 28.5 Å². The van der Waals surface area contributed by atoms with Crippen molar-refractivity contribution >= 4 is 22.1 Å². The standard InChI is InChI=1S/C15H24N4S/c1-11(2)9-16-10-13-14(18-6-4-5-12(18)3)17-15-19(13)7-8-20-15/h7-8,11-12,16H,4-6,9-10H2,1-3H3. The van der Waals surface area contributed by atoms with Gasteiger partial charge in [-0.15, -0.1) is 11.3 Å². The van der Waals surface area contributed by atoms with Crippen LogP contribution in [0.1, 0.15) is 39.3 Å². The van der Waals surface area contributed by atoms with E-state index >= 15 is 0 Å². The third-order valence-electron chi connectivity index (χ3n) is 4.01. The van der Waals surface area contributed by atoms with Gasteiger partial charge in [-0.25, -0.2) is 4.98 Å². The molecule has 0 saturated carbocycles. The van der Waals surface area contributed by atoms with Gasteiger partial charge in [0.1, 0.15) is 0 Å². The van der Waals surface area contributed by atoms with Crippen LogP contribution in [0.25, 0.3) is 4.96 Å². The van der Waals surface area contributed by atoms with E-state index < -0.39 is 0 Å². The quantitative estimate of drug-likeness (QED) is 0.919. The van der Waals surface area contributed by atoms with Gasteiger partial charge in [-0.3, -0.25) is 4.40 Å². The van der Waals surface area contributed by atoms with Crippen LogP contribution in [0, 0.1) is 5.92 Å². The zero-order valence-electron chi connectivity index (χ0n) is 12.6. The first-order chi connectivity index (χ1) is 9.66. The highest BCUT2D eigenvalue weighted by molar-refractivity contribution is 7.15. The number of rotatable bonds is 5. The molecule has 0 spiro atoms. The predicted molar refractivity (Wildman–Crippen MR) is 85.7 cm³/mol. The summed E-state index contributed by atoms with van der Waals surface area (Å²) < 4.78 is 2.25. The monoisotopic (exact) mass is 292 g/mol. The van der Waals surface area contributed by atoms with Crippen molar-refractivity contribution in [3.8, 4) is 0 Å². The molecule has 0 bridgehead atoms. The zero-order valence-corrected chi connectivity index (χ0v) is 13.4. The van der Waals surface area contributed by atoms with Gasteiger partial charge < -0.3 is 10.2 Å². The van der Waals surface area contributed by atoms with Crippen LogP contribution < -0.4 is 10.2 Å². The van der Waals surface area contributed by atoms with Crippen molar-refractivity contribution in [1.82, 2.24) is 14.7 Å². The minimum atomic E-state index is 0.614. The van der Waals surface area contributed by atoms with Crippen LogP contribution in [0.4, 0.5) is 5.82 Å². The molecule has 1 atom stereocenters. The molecule has 2 aromatic heterocycles. The molecule has 3 heterocycles. The molecule has 1 N–H and O–H groups in total. The normalized spacial score (nSPS) is 19.6. The number of nitrogens with zero attached hydrogens (tertiary/aromatic N) is 3. The summed E-state index contributed by atoms with van der Waals surface area (Å²) in [6.45, 7) is 9.88. The van der Waals surface area contributed by atoms with E-state index in [9.17, 15) is 0 Å². The lowest BCUT2D eigenvalue weighted by Gasteiger charge is -2.22. The molecule has 0 aromatic carbocycles. The Morgan fingerprint density at radius 1 is 1.50 bits per heavy atom. The van der Waals surface area contributed by atoms with Crippen molar-refractivity contribution in [2.45, 2.75) is 46.2 Å². The lowest BCUT2D eigenvalue weighted by Crippen LogP contribution is -2.29. The Morgan fingerprint density at radius 3 is 3.05 bits per heavy atom. The number of imidazole rings is 1. The Labute approximate surface area is 124 Å². The molecule has 1 fully saturated rings. The molecule has 110 valence electrons. The zero-order chi connectivity index (χ0) is 14.1. The number of thiazole rings is 1. The number of hydrogen-bond acceptors (Lipinski definition) is 4. The minimum absolute atomic E-state index is 0.614. The highest BCUT2D eigenvalue weighted by atomic mass is 32.1. The van der Waals surface area contributed by atoms with Crippen LogP contribution in [0.2, 0.25) is 0 Å². The highest BCUT2D eigenvalue weighted by Crippen LogP contribution is 2.30. The topological polar surface area (TPSA) is 32.6 Å². The first kappa shape index (κ1) is 13.9. The van der Waals surface area contributed by atoms with E-state index in [0.29, 0.717) is 12.0 Å². The smallest absolute Gasteiger partial charge is 0.195 e. The maximum absolute atomic E-state index is 4.87. The number of nitrogens with one attached hydrogen (secondary N) is 1. The Bertz CT molecular complexity index is 571. The molecular formula is C15H24N4S. The molecule has 5 heteroatoms. The van der Waals surface area contributed by atoms with Gasteiger partial charge in [-0.1, -0.05) is 13.8 Å². The SMILES string of the molecule is CC(C)CNCc1c(N2CCCC2C)nc2sccn12. The van der Waals surface area contributed by atoms with Gasteiger partial charge in [-0.05, 0) is 32.2 Å². The van der Waals surface area contributed by atoms with Gasteiger partial charge in [0.2, 0.25) is 0 Å². The lowest BCUT2D eigenvalue weighted by molar-refractivity contribution is 0.546. The molecule has 20 heavy (non-hydrogen) atoms. The van der Waals surface area contributed by atoms with Gasteiger partial charge in [0.25, 0.3) is 0 Å². The largest absolute Gasteiger partial charge is 0.352 e. The average molecular weight is 292 g/mol. The van der Waals surface area contributed by atoms with Crippen molar-refractivity contribution in [3.63, 3.8) is 0 Å². The fraction of sp³-hybridized carbons (Fsp3) is 0.667. The Kier molecular flexibility index (Phi) is 3.98. The summed E-state index contributed by atoms with van der Waals surface area (Å²) in [4.78, 5) is 8.46. The van der Waals surface area contributed by atoms with Gasteiger partial charge in [0.15, 0.2) is 10.8 Å². The van der Waals surface area contributed by atoms with Crippen molar-refractivity contribution in [2.24, 2.45) is 5.92 Å². The van der Waals surface area contributed by atoms with Gasteiger partial charge in [0.05, 0.1) is 5.69 Å². The first-order valence-corrected chi connectivity index (χ1v) is 8.46. The maximum Gasteiger partial charge on any atom is 0.195 e. The fourth-order valence-corrected chi connectivity index (χ4v) is 3.67. The summed E-state index contributed by atoms with van der Waals surface area (Å²) in [7, 11) is 0. The molecule has 0 aliphatic carbocycles. The molecular weight excluding hydrogens is 268 g/mol. The summed E-state index contributed by atoms with van der Waals surface area (Å²) in [5, 5.41) is 5.68. The van der Waals surface area contributed by atoms with Crippen LogP contribution in [0.3, 0.4) is 0 Å². The van der Waals surface area contributed by atoms with E-state index in [4.69, 9.17) is 4.98 Å². The molecule has 2 aromatic rings. The van der Waals surface area contributed by atoms with Crippen LogP contribution >= 0.6 is 11.3 Å². The third-order valence-corrected chi connectivity index (χ3v) is 4.77. The van der Waals surface area contributed by atoms with E-state index in [2.05, 4.69) is 47.0 Å². The molecule has 1 aliphatic rings. The Hall–Kier alpha value is -1.07. The van der Waals surface area contributed by atoms with Crippen molar-refractivity contribution in [3.05, 3.63) is 17.3 Å². The summed E-state index contributed by atoms with van der Waals surface area (Å²) in [6.07, 6.45) is 4.71. The van der Waals surface area contributed by atoms with E-state index in [1.807, 2.05) is 0 Å². The van der Waals surface area contributed by atoms with E-state index in [0.717, 1.165) is 24.6 Å². The molecule has 1 saturated heterocycles. The number of fused-ring (bicyclic) bond motifs is 1. The van der Waals surface area contributed by atoms with E-state index in [-0.39, 0.29) is 0 Å². The molecule has 4 nitrogen and oxygen atoms in total. The van der Waals surface area contributed by atoms with Crippen LogP contribution in [0.15, 0.2) is 11.6 Å². The van der Waals surface area contributed by atoms with Gasteiger partial charge in [0, 0.05) is 30.7 Å². The van der Waals surface area contributed by atoms with Gasteiger partial charge >= 0.3 is 0 Å². The second kappa shape index (κ2) is 5.74. The number of anilines is 1. The summed E-state index contributed by atoms with van der Waals surface area (Å²) in [5.74, 6) is 1.87. The Balaban J connectivity index is 1.88. The van der Waals surface area contributed by atoms with Gasteiger partial charge in [-0.2, -0.15) is 0 Å². The van der Waals surface area contributed by atoms with Crippen molar-refractivity contribution in [1.29, 1.82) is 0 Å². The van der Waals surface area contributed by atoms with Crippen molar-refractivity contribution in [2.75, 3.05) is 18.0 Å². The lowest BCUT2D eigenvalue weighted by atomic mass is 10.2. The minimum Gasteiger partial charge on any atom is -0.352 e. The number of aromatic nitrogens is 2. The summed E-state index contributed by atoms with van der Waals surface area (Å²) >= 11 is 1.72. The average Bonchev–Trinajstić information content (AvgIpc) is 3.05. The molecule has 1 unspecified atom stereocenters. The highest BCUT2D eigenvalue weighted by Gasteiger charge is 2.26. The van der Waals surface area contributed by atoms with Crippen LogP contribution in [-0.2, 0) is 6.54 Å². The maximum atomic E-state index is 4.87.